The lowest BCUT2D eigenvalue weighted by Gasteiger charge is -2.24. The van der Waals surface area contributed by atoms with Crippen molar-refractivity contribution in [2.75, 3.05) is 13.1 Å². The van der Waals surface area contributed by atoms with E-state index in [9.17, 15) is 4.39 Å². The molecule has 2 nitrogen and oxygen atoms in total. The molecule has 0 heterocycles. The summed E-state index contributed by atoms with van der Waals surface area (Å²) in [5.41, 5.74) is 6.69. The van der Waals surface area contributed by atoms with Crippen molar-refractivity contribution in [3.8, 4) is 0 Å². The molecule has 0 bridgehead atoms. The van der Waals surface area contributed by atoms with Gasteiger partial charge in [-0.2, -0.15) is 0 Å². The smallest absolute Gasteiger partial charge is 0.137 e. The molecular formula is C13H18BrFN2S. The first-order valence-corrected chi connectivity index (χ1v) is 7.09. The van der Waals surface area contributed by atoms with Crippen molar-refractivity contribution in [2.45, 2.75) is 20.4 Å². The summed E-state index contributed by atoms with van der Waals surface area (Å²) in [7, 11) is 0. The Morgan fingerprint density at radius 1 is 1.56 bits per heavy atom. The van der Waals surface area contributed by atoms with E-state index in [4.69, 9.17) is 18.0 Å². The van der Waals surface area contributed by atoms with Gasteiger partial charge in [0.05, 0.1) is 9.46 Å². The number of halogens is 2. The maximum Gasteiger partial charge on any atom is 0.137 e. The van der Waals surface area contributed by atoms with Gasteiger partial charge in [0.15, 0.2) is 0 Å². The fourth-order valence-corrected chi connectivity index (χ4v) is 2.18. The van der Waals surface area contributed by atoms with E-state index in [1.54, 1.807) is 6.07 Å². The average Bonchev–Trinajstić information content (AvgIpc) is 2.32. The molecule has 5 heteroatoms. The summed E-state index contributed by atoms with van der Waals surface area (Å²) >= 11 is 8.18. The Hall–Kier alpha value is -0.520. The van der Waals surface area contributed by atoms with Gasteiger partial charge in [-0.05, 0) is 40.2 Å². The molecule has 1 unspecified atom stereocenters. The molecule has 0 fully saturated rings. The lowest BCUT2D eigenvalue weighted by atomic mass is 10.1. The molecule has 100 valence electrons. The third-order valence-electron chi connectivity index (χ3n) is 2.86. The van der Waals surface area contributed by atoms with Gasteiger partial charge >= 0.3 is 0 Å². The van der Waals surface area contributed by atoms with Gasteiger partial charge in [-0.25, -0.2) is 4.39 Å². The highest BCUT2D eigenvalue weighted by Gasteiger charge is 2.12. The molecule has 0 aromatic heterocycles. The zero-order valence-corrected chi connectivity index (χ0v) is 13.0. The highest BCUT2D eigenvalue weighted by atomic mass is 79.9. The molecule has 2 N–H and O–H groups in total. The van der Waals surface area contributed by atoms with Crippen molar-refractivity contribution in [3.05, 3.63) is 34.1 Å². The molecule has 0 saturated heterocycles. The summed E-state index contributed by atoms with van der Waals surface area (Å²) < 4.78 is 13.6. The summed E-state index contributed by atoms with van der Waals surface area (Å²) in [6, 6.07) is 5.09. The SMILES string of the molecule is CCN(Cc1ccc(F)c(Br)c1)CC(C)C(N)=S. The van der Waals surface area contributed by atoms with Gasteiger partial charge < -0.3 is 5.73 Å². The molecule has 1 aromatic carbocycles. The number of nitrogens with zero attached hydrogens (tertiary/aromatic N) is 1. The molecule has 0 saturated carbocycles. The largest absolute Gasteiger partial charge is 0.393 e. The van der Waals surface area contributed by atoms with Gasteiger partial charge in [0, 0.05) is 19.0 Å². The monoisotopic (exact) mass is 332 g/mol. The third kappa shape index (κ3) is 4.63. The van der Waals surface area contributed by atoms with E-state index in [0.717, 1.165) is 25.2 Å². The lowest BCUT2D eigenvalue weighted by molar-refractivity contribution is 0.264. The van der Waals surface area contributed by atoms with E-state index in [2.05, 4.69) is 27.8 Å². The van der Waals surface area contributed by atoms with Crippen molar-refractivity contribution in [1.82, 2.24) is 4.90 Å². The van der Waals surface area contributed by atoms with Crippen molar-refractivity contribution in [1.29, 1.82) is 0 Å². The summed E-state index contributed by atoms with van der Waals surface area (Å²) in [6.45, 7) is 6.60. The Kier molecular flexibility index (Phi) is 6.18. The van der Waals surface area contributed by atoms with Crippen LogP contribution in [0.25, 0.3) is 0 Å². The minimum absolute atomic E-state index is 0.184. The van der Waals surface area contributed by atoms with Crippen molar-refractivity contribution in [3.63, 3.8) is 0 Å². The fourth-order valence-electron chi connectivity index (χ4n) is 1.68. The van der Waals surface area contributed by atoms with Crippen LogP contribution >= 0.6 is 28.1 Å². The van der Waals surface area contributed by atoms with Crippen LogP contribution in [0, 0.1) is 11.7 Å². The Balaban J connectivity index is 2.67. The standard InChI is InChI=1S/C13H18BrFN2S/c1-3-17(7-9(2)13(16)18)8-10-4-5-12(15)11(14)6-10/h4-6,9H,3,7-8H2,1-2H3,(H2,16,18). The highest BCUT2D eigenvalue weighted by molar-refractivity contribution is 9.10. The van der Waals surface area contributed by atoms with Gasteiger partial charge in [0.2, 0.25) is 0 Å². The summed E-state index contributed by atoms with van der Waals surface area (Å²) in [5.74, 6) is -0.0536. The molecule has 0 aliphatic carbocycles. The molecule has 0 spiro atoms. The van der Waals surface area contributed by atoms with Crippen LogP contribution < -0.4 is 5.73 Å². The first-order chi connectivity index (χ1) is 8.43. The lowest BCUT2D eigenvalue weighted by Crippen LogP contribution is -2.33. The zero-order valence-electron chi connectivity index (χ0n) is 10.6. The average molecular weight is 333 g/mol. The topological polar surface area (TPSA) is 29.3 Å². The van der Waals surface area contributed by atoms with E-state index in [1.165, 1.54) is 6.07 Å². The Morgan fingerprint density at radius 2 is 2.22 bits per heavy atom. The van der Waals surface area contributed by atoms with Gasteiger partial charge in [-0.1, -0.05) is 32.1 Å². The van der Waals surface area contributed by atoms with E-state index in [1.807, 2.05) is 13.0 Å². The highest BCUT2D eigenvalue weighted by Crippen LogP contribution is 2.18. The van der Waals surface area contributed by atoms with E-state index < -0.39 is 0 Å². The van der Waals surface area contributed by atoms with Crippen molar-refractivity contribution in [2.24, 2.45) is 11.7 Å². The van der Waals surface area contributed by atoms with Crippen molar-refractivity contribution >= 4 is 33.1 Å². The number of hydrogen-bond acceptors (Lipinski definition) is 2. The van der Waals surface area contributed by atoms with Crippen LogP contribution in [0.4, 0.5) is 4.39 Å². The Labute approximate surface area is 121 Å². The molecule has 1 atom stereocenters. The molecule has 0 aliphatic rings. The van der Waals surface area contributed by atoms with Crippen molar-refractivity contribution < 1.29 is 4.39 Å². The number of hydrogen-bond donors (Lipinski definition) is 1. The second-order valence-electron chi connectivity index (χ2n) is 4.38. The second kappa shape index (κ2) is 7.16. The first-order valence-electron chi connectivity index (χ1n) is 5.89. The predicted molar refractivity (Wildman–Crippen MR) is 81.0 cm³/mol. The second-order valence-corrected chi connectivity index (χ2v) is 5.71. The van der Waals surface area contributed by atoms with E-state index >= 15 is 0 Å². The van der Waals surface area contributed by atoms with Crippen LogP contribution in [0.3, 0.4) is 0 Å². The maximum absolute atomic E-state index is 13.1. The molecular weight excluding hydrogens is 315 g/mol. The first kappa shape index (κ1) is 15.5. The van der Waals surface area contributed by atoms with Gasteiger partial charge in [0.25, 0.3) is 0 Å². The molecule has 18 heavy (non-hydrogen) atoms. The van der Waals surface area contributed by atoms with E-state index in [-0.39, 0.29) is 11.7 Å². The number of benzene rings is 1. The molecule has 0 radical (unpaired) electrons. The third-order valence-corrected chi connectivity index (χ3v) is 3.87. The van der Waals surface area contributed by atoms with Crippen LogP contribution in [0.15, 0.2) is 22.7 Å². The summed E-state index contributed by atoms with van der Waals surface area (Å²) in [6.07, 6.45) is 0. The molecule has 1 rings (SSSR count). The van der Waals surface area contributed by atoms with Crippen LogP contribution in [0.2, 0.25) is 0 Å². The Bertz CT molecular complexity index is 425. The molecule has 0 aliphatic heterocycles. The van der Waals surface area contributed by atoms with Gasteiger partial charge in [-0.15, -0.1) is 0 Å². The quantitative estimate of drug-likeness (QED) is 0.810. The minimum Gasteiger partial charge on any atom is -0.393 e. The van der Waals surface area contributed by atoms with Crippen LogP contribution in [0.5, 0.6) is 0 Å². The van der Waals surface area contributed by atoms with E-state index in [0.29, 0.717) is 9.46 Å². The number of nitrogens with two attached hydrogens (primary N) is 1. The molecule has 0 amide bonds. The predicted octanol–water partition coefficient (Wildman–Crippen LogP) is 3.33. The maximum atomic E-state index is 13.1. The molecule has 1 aromatic rings. The van der Waals surface area contributed by atoms with Crippen LogP contribution in [-0.4, -0.2) is 23.0 Å². The fraction of sp³-hybridized carbons (Fsp3) is 0.462. The normalized spacial score (nSPS) is 12.7. The minimum atomic E-state index is -0.238. The number of rotatable bonds is 6. The summed E-state index contributed by atoms with van der Waals surface area (Å²) in [5, 5.41) is 0. The number of thiocarbonyl (C=S) groups is 1. The van der Waals surface area contributed by atoms with Crippen LogP contribution in [0.1, 0.15) is 19.4 Å². The van der Waals surface area contributed by atoms with Gasteiger partial charge in [-0.3, -0.25) is 4.90 Å². The van der Waals surface area contributed by atoms with Crippen LogP contribution in [-0.2, 0) is 6.54 Å². The zero-order chi connectivity index (χ0) is 13.7. The summed E-state index contributed by atoms with van der Waals surface area (Å²) in [4.78, 5) is 2.78. The Morgan fingerprint density at radius 3 is 2.72 bits per heavy atom. The van der Waals surface area contributed by atoms with Gasteiger partial charge in [0.1, 0.15) is 5.82 Å².